The molecule has 0 aliphatic heterocycles. The van der Waals surface area contributed by atoms with Crippen LogP contribution in [0, 0.1) is 0 Å². The second-order valence-corrected chi connectivity index (χ2v) is 3.78. The fourth-order valence-electron chi connectivity index (χ4n) is 1.52. The molecule has 0 aromatic carbocycles. The van der Waals surface area contributed by atoms with Crippen LogP contribution in [0.2, 0.25) is 0 Å². The molecule has 2 heterocycles. The number of nitrogens with zero attached hydrogens (tertiary/aromatic N) is 2. The lowest BCUT2D eigenvalue weighted by Crippen LogP contribution is -2.05. The van der Waals surface area contributed by atoms with Crippen LogP contribution in [0.25, 0.3) is 0 Å². The lowest BCUT2D eigenvalue weighted by molar-refractivity contribution is 0.0660. The molecule has 2 aromatic rings. The van der Waals surface area contributed by atoms with Gasteiger partial charge in [0.15, 0.2) is 0 Å². The summed E-state index contributed by atoms with van der Waals surface area (Å²) in [5, 5.41) is 15.9. The van der Waals surface area contributed by atoms with E-state index in [-0.39, 0.29) is 11.8 Å². The van der Waals surface area contributed by atoms with Crippen molar-refractivity contribution in [2.45, 2.75) is 13.0 Å². The van der Waals surface area contributed by atoms with E-state index in [2.05, 4.69) is 10.4 Å². The van der Waals surface area contributed by atoms with Gasteiger partial charge in [-0.2, -0.15) is 5.10 Å². The van der Waals surface area contributed by atoms with E-state index in [9.17, 15) is 4.79 Å². The first-order valence-corrected chi connectivity index (χ1v) is 5.14. The van der Waals surface area contributed by atoms with Crippen LogP contribution in [-0.2, 0) is 7.05 Å². The average molecular weight is 235 g/mol. The second kappa shape index (κ2) is 4.32. The Morgan fingerprint density at radius 3 is 2.88 bits per heavy atom. The van der Waals surface area contributed by atoms with Crippen molar-refractivity contribution in [1.29, 1.82) is 0 Å². The van der Waals surface area contributed by atoms with Gasteiger partial charge in [-0.05, 0) is 19.1 Å². The molecule has 0 spiro atoms. The fraction of sp³-hybridized carbons (Fsp3) is 0.273. The van der Waals surface area contributed by atoms with Gasteiger partial charge in [-0.15, -0.1) is 0 Å². The number of hydrogen-bond donors (Lipinski definition) is 2. The zero-order chi connectivity index (χ0) is 12.4. The van der Waals surface area contributed by atoms with Gasteiger partial charge in [0, 0.05) is 13.2 Å². The molecule has 0 saturated heterocycles. The summed E-state index contributed by atoms with van der Waals surface area (Å²) < 4.78 is 6.88. The van der Waals surface area contributed by atoms with Gasteiger partial charge in [0.1, 0.15) is 5.76 Å². The quantitative estimate of drug-likeness (QED) is 0.845. The first-order chi connectivity index (χ1) is 8.06. The lowest BCUT2D eigenvalue weighted by atomic mass is 10.2. The van der Waals surface area contributed by atoms with E-state index in [4.69, 9.17) is 9.52 Å². The highest BCUT2D eigenvalue weighted by atomic mass is 16.4. The third-order valence-corrected chi connectivity index (χ3v) is 2.35. The summed E-state index contributed by atoms with van der Waals surface area (Å²) in [6.45, 7) is 1.89. The summed E-state index contributed by atoms with van der Waals surface area (Å²) in [6.07, 6.45) is 3.52. The number of aryl methyl sites for hydroxylation is 1. The van der Waals surface area contributed by atoms with Gasteiger partial charge in [0.2, 0.25) is 5.76 Å². The fourth-order valence-corrected chi connectivity index (χ4v) is 1.52. The first kappa shape index (κ1) is 11.3. The van der Waals surface area contributed by atoms with Crippen LogP contribution in [0.5, 0.6) is 0 Å². The number of aromatic carboxylic acids is 1. The largest absolute Gasteiger partial charge is 0.475 e. The maximum atomic E-state index is 10.7. The van der Waals surface area contributed by atoms with Crippen LogP contribution in [0.4, 0.5) is 5.69 Å². The summed E-state index contributed by atoms with van der Waals surface area (Å²) in [5.74, 6) is -0.545. The SMILES string of the molecule is CC(Nc1cnn(C)c1)c1ccc(C(=O)O)o1. The van der Waals surface area contributed by atoms with Crippen LogP contribution in [-0.4, -0.2) is 20.9 Å². The van der Waals surface area contributed by atoms with E-state index in [1.165, 1.54) is 6.07 Å². The number of nitrogens with one attached hydrogen (secondary N) is 1. The molecule has 0 radical (unpaired) electrons. The predicted octanol–water partition coefficient (Wildman–Crippen LogP) is 1.88. The van der Waals surface area contributed by atoms with Crippen LogP contribution in [0.15, 0.2) is 28.9 Å². The molecule has 2 aromatic heterocycles. The van der Waals surface area contributed by atoms with Crippen molar-refractivity contribution in [2.24, 2.45) is 7.05 Å². The molecular formula is C11H13N3O3. The molecule has 0 saturated carbocycles. The zero-order valence-electron chi connectivity index (χ0n) is 9.54. The highest BCUT2D eigenvalue weighted by Gasteiger charge is 2.14. The second-order valence-electron chi connectivity index (χ2n) is 3.78. The van der Waals surface area contributed by atoms with E-state index in [1.807, 2.05) is 20.2 Å². The van der Waals surface area contributed by atoms with Crippen molar-refractivity contribution in [3.63, 3.8) is 0 Å². The van der Waals surface area contributed by atoms with Crippen LogP contribution in [0.1, 0.15) is 29.3 Å². The van der Waals surface area contributed by atoms with Gasteiger partial charge in [0.25, 0.3) is 0 Å². The minimum absolute atomic E-state index is 0.0557. The number of rotatable bonds is 4. The normalized spacial score (nSPS) is 12.4. The van der Waals surface area contributed by atoms with E-state index >= 15 is 0 Å². The zero-order valence-corrected chi connectivity index (χ0v) is 9.54. The molecule has 1 atom stereocenters. The van der Waals surface area contributed by atoms with Crippen molar-refractivity contribution >= 4 is 11.7 Å². The van der Waals surface area contributed by atoms with Crippen molar-refractivity contribution in [3.05, 3.63) is 36.0 Å². The Kier molecular flexibility index (Phi) is 2.86. The molecule has 2 N–H and O–H groups in total. The summed E-state index contributed by atoms with van der Waals surface area (Å²) in [4.78, 5) is 10.7. The molecule has 2 rings (SSSR count). The van der Waals surface area contributed by atoms with Gasteiger partial charge in [-0.25, -0.2) is 4.79 Å². The average Bonchev–Trinajstić information content (AvgIpc) is 2.86. The maximum absolute atomic E-state index is 10.7. The number of aromatic nitrogens is 2. The monoisotopic (exact) mass is 235 g/mol. The topological polar surface area (TPSA) is 80.3 Å². The Morgan fingerprint density at radius 2 is 2.35 bits per heavy atom. The van der Waals surface area contributed by atoms with Crippen molar-refractivity contribution in [2.75, 3.05) is 5.32 Å². The Bertz CT molecular complexity index is 530. The summed E-state index contributed by atoms with van der Waals surface area (Å²) >= 11 is 0. The Balaban J connectivity index is 2.08. The molecule has 0 bridgehead atoms. The van der Waals surface area contributed by atoms with E-state index in [0.717, 1.165) is 5.69 Å². The number of hydrogen-bond acceptors (Lipinski definition) is 4. The van der Waals surface area contributed by atoms with Gasteiger partial charge in [-0.1, -0.05) is 0 Å². The van der Waals surface area contributed by atoms with Gasteiger partial charge < -0.3 is 14.8 Å². The summed E-state index contributed by atoms with van der Waals surface area (Å²) in [7, 11) is 1.82. The maximum Gasteiger partial charge on any atom is 0.371 e. The van der Waals surface area contributed by atoms with E-state index in [1.54, 1.807) is 16.9 Å². The summed E-state index contributed by atoms with van der Waals surface area (Å²) in [6, 6.07) is 2.98. The molecule has 0 aliphatic rings. The minimum atomic E-state index is -1.06. The number of anilines is 1. The van der Waals surface area contributed by atoms with Crippen LogP contribution < -0.4 is 5.32 Å². The van der Waals surface area contributed by atoms with Gasteiger partial charge in [-0.3, -0.25) is 4.68 Å². The molecular weight excluding hydrogens is 222 g/mol. The number of carboxylic acid groups (broad SMARTS) is 1. The standard InChI is InChI=1S/C11H13N3O3/c1-7(13-8-5-12-14(2)6-8)9-3-4-10(17-9)11(15)16/h3-7,13H,1-2H3,(H,15,16). The van der Waals surface area contributed by atoms with Crippen LogP contribution in [0.3, 0.4) is 0 Å². The van der Waals surface area contributed by atoms with E-state index in [0.29, 0.717) is 5.76 Å². The number of carboxylic acids is 1. The lowest BCUT2D eigenvalue weighted by Gasteiger charge is -2.10. The molecule has 0 amide bonds. The third-order valence-electron chi connectivity index (χ3n) is 2.35. The van der Waals surface area contributed by atoms with Crippen molar-refractivity contribution in [3.8, 4) is 0 Å². The highest BCUT2D eigenvalue weighted by molar-refractivity contribution is 5.84. The molecule has 0 aliphatic carbocycles. The van der Waals surface area contributed by atoms with Crippen LogP contribution >= 0.6 is 0 Å². The Hall–Kier alpha value is -2.24. The third kappa shape index (κ3) is 2.47. The minimum Gasteiger partial charge on any atom is -0.475 e. The van der Waals surface area contributed by atoms with Crippen molar-refractivity contribution in [1.82, 2.24) is 9.78 Å². The molecule has 90 valence electrons. The van der Waals surface area contributed by atoms with Gasteiger partial charge in [0.05, 0.1) is 17.9 Å². The van der Waals surface area contributed by atoms with Gasteiger partial charge >= 0.3 is 5.97 Å². The molecule has 0 fully saturated rings. The Labute approximate surface area is 97.9 Å². The number of carbonyl (C=O) groups is 1. The molecule has 17 heavy (non-hydrogen) atoms. The molecule has 6 heteroatoms. The predicted molar refractivity (Wildman–Crippen MR) is 60.9 cm³/mol. The smallest absolute Gasteiger partial charge is 0.371 e. The molecule has 1 unspecified atom stereocenters. The Morgan fingerprint density at radius 1 is 1.59 bits per heavy atom. The number of furan rings is 1. The van der Waals surface area contributed by atoms with E-state index < -0.39 is 5.97 Å². The highest BCUT2D eigenvalue weighted by Crippen LogP contribution is 2.20. The molecule has 6 nitrogen and oxygen atoms in total. The van der Waals surface area contributed by atoms with Crippen molar-refractivity contribution < 1.29 is 14.3 Å². The summed E-state index contributed by atoms with van der Waals surface area (Å²) in [5.41, 5.74) is 0.855. The first-order valence-electron chi connectivity index (χ1n) is 5.14.